The van der Waals surface area contributed by atoms with E-state index in [9.17, 15) is 0 Å². The number of anilines is 1. The summed E-state index contributed by atoms with van der Waals surface area (Å²) in [5.41, 5.74) is 2.90. The van der Waals surface area contributed by atoms with Gasteiger partial charge in [-0.3, -0.25) is 0 Å². The van der Waals surface area contributed by atoms with Crippen molar-refractivity contribution in [1.82, 2.24) is 0 Å². The molecular weight excluding hydrogens is 419 g/mol. The summed E-state index contributed by atoms with van der Waals surface area (Å²) in [5.74, 6) is 0. The summed E-state index contributed by atoms with van der Waals surface area (Å²) in [4.78, 5) is 7.44. The molecule has 0 aliphatic heterocycles. The van der Waals surface area contributed by atoms with E-state index in [1.54, 1.807) is 24.4 Å². The van der Waals surface area contributed by atoms with Crippen LogP contribution in [0.5, 0.6) is 0 Å². The maximum absolute atomic E-state index is 6.12. The Hall–Kier alpha value is -2.63. The van der Waals surface area contributed by atoms with Crippen molar-refractivity contribution in [2.24, 2.45) is 5.16 Å². The van der Waals surface area contributed by atoms with Crippen LogP contribution in [0.25, 0.3) is 0 Å². The Kier molecular flexibility index (Phi) is 8.05. The minimum Gasteiger partial charge on any atom is -0.391 e. The van der Waals surface area contributed by atoms with E-state index < -0.39 is 0 Å². The number of oxime groups is 1. The Bertz CT molecular complexity index is 953. The molecule has 1 aromatic carbocycles. The van der Waals surface area contributed by atoms with Gasteiger partial charge >= 0.3 is 0 Å². The largest absolute Gasteiger partial charge is 0.391 e. The van der Waals surface area contributed by atoms with Crippen molar-refractivity contribution < 1.29 is 14.0 Å². The van der Waals surface area contributed by atoms with Crippen molar-refractivity contribution in [2.75, 3.05) is 19.0 Å². The fraction of sp³-hybridized carbons (Fsp3) is 0.261. The van der Waals surface area contributed by atoms with Gasteiger partial charge < -0.3 is 9.74 Å². The summed E-state index contributed by atoms with van der Waals surface area (Å²) in [6, 6.07) is 13.6. The fourth-order valence-corrected chi connectivity index (χ4v) is 3.41. The predicted octanol–water partition coefficient (Wildman–Crippen LogP) is 4.28. The Morgan fingerprint density at radius 3 is 2.03 bits per heavy atom. The Morgan fingerprint density at radius 2 is 1.47 bits per heavy atom. The predicted molar refractivity (Wildman–Crippen MR) is 121 cm³/mol. The molecule has 0 atom stereocenters. The van der Waals surface area contributed by atoms with Crippen molar-refractivity contribution >= 4 is 35.1 Å². The average Bonchev–Trinajstić information content (AvgIpc) is 2.74. The third-order valence-corrected chi connectivity index (χ3v) is 5.39. The van der Waals surface area contributed by atoms with Gasteiger partial charge in [-0.25, -0.2) is 9.13 Å². The quantitative estimate of drug-likeness (QED) is 0.280. The summed E-state index contributed by atoms with van der Waals surface area (Å²) < 4.78 is 4.37. The summed E-state index contributed by atoms with van der Waals surface area (Å²) in [6.07, 6.45) is 11.1. The second kappa shape index (κ2) is 11.0. The lowest BCUT2D eigenvalue weighted by Gasteiger charge is -2.10. The molecule has 0 bridgehead atoms. The van der Waals surface area contributed by atoms with Crippen LogP contribution in [0, 0.1) is 0 Å². The van der Waals surface area contributed by atoms with Crippen LogP contribution in [0.3, 0.4) is 0 Å². The van der Waals surface area contributed by atoms with Gasteiger partial charge in [-0.1, -0.05) is 34.4 Å². The number of benzene rings is 1. The fourth-order valence-electron chi connectivity index (χ4n) is 2.91. The monoisotopic (exact) mass is 444 g/mol. The van der Waals surface area contributed by atoms with Crippen molar-refractivity contribution in [2.45, 2.75) is 26.1 Å². The van der Waals surface area contributed by atoms with E-state index in [0.717, 1.165) is 30.6 Å². The highest BCUT2D eigenvalue weighted by Crippen LogP contribution is 2.24. The highest BCUT2D eigenvalue weighted by atomic mass is 35.5. The van der Waals surface area contributed by atoms with Crippen LogP contribution in [0.4, 0.5) is 5.69 Å². The van der Waals surface area contributed by atoms with E-state index in [0.29, 0.717) is 10.0 Å². The van der Waals surface area contributed by atoms with Crippen LogP contribution in [-0.4, -0.2) is 20.3 Å². The number of halogens is 2. The standard InChI is InChI=1S/C23H26Cl2N4O/c1-27(2)20-9-15-29(16-10-20)12-4-11-28-13-7-19(8-14-28)17-26-30-18-21-22(24)5-3-6-23(21)25/h3,5-10,13-17H,4,11-12,18H2,1-2H3/q+2/b26-17+. The van der Waals surface area contributed by atoms with Gasteiger partial charge in [0, 0.05) is 65.2 Å². The number of pyridine rings is 2. The zero-order valence-corrected chi connectivity index (χ0v) is 18.7. The summed E-state index contributed by atoms with van der Waals surface area (Å²) in [6.45, 7) is 2.15. The molecular formula is C23H26Cl2N4O+2. The van der Waals surface area contributed by atoms with Gasteiger partial charge in [-0.05, 0) is 12.1 Å². The second-order valence-corrected chi connectivity index (χ2v) is 7.93. The molecule has 7 heteroatoms. The van der Waals surface area contributed by atoms with E-state index in [-0.39, 0.29) is 6.61 Å². The van der Waals surface area contributed by atoms with Gasteiger partial charge in [0.2, 0.25) is 0 Å². The molecule has 3 rings (SSSR count). The highest BCUT2D eigenvalue weighted by molar-refractivity contribution is 6.35. The average molecular weight is 445 g/mol. The molecule has 0 unspecified atom stereocenters. The number of hydrogen-bond donors (Lipinski definition) is 0. The number of rotatable bonds is 9. The SMILES string of the molecule is CN(C)c1cc[n+](CCC[n+]2ccc(/C=N/OCc3c(Cl)cccc3Cl)cc2)cc1. The zero-order valence-electron chi connectivity index (χ0n) is 17.2. The Morgan fingerprint density at radius 1 is 0.900 bits per heavy atom. The molecule has 2 heterocycles. The highest BCUT2D eigenvalue weighted by Gasteiger charge is 2.07. The summed E-state index contributed by atoms with van der Waals surface area (Å²) in [7, 11) is 4.09. The molecule has 3 aromatic rings. The van der Waals surface area contributed by atoms with Crippen LogP contribution in [-0.2, 0) is 24.5 Å². The Balaban J connectivity index is 1.43. The first-order chi connectivity index (χ1) is 14.5. The minimum atomic E-state index is 0.231. The number of hydrogen-bond acceptors (Lipinski definition) is 3. The molecule has 0 N–H and O–H groups in total. The van der Waals surface area contributed by atoms with Crippen LogP contribution < -0.4 is 14.0 Å². The van der Waals surface area contributed by atoms with E-state index in [4.69, 9.17) is 28.0 Å². The van der Waals surface area contributed by atoms with Crippen LogP contribution >= 0.6 is 23.2 Å². The molecule has 0 saturated carbocycles. The lowest BCUT2D eigenvalue weighted by atomic mass is 10.2. The third kappa shape index (κ3) is 6.44. The molecule has 2 aromatic heterocycles. The smallest absolute Gasteiger partial charge is 0.170 e. The molecule has 30 heavy (non-hydrogen) atoms. The lowest BCUT2D eigenvalue weighted by Crippen LogP contribution is -2.38. The maximum Gasteiger partial charge on any atom is 0.170 e. The van der Waals surface area contributed by atoms with Crippen molar-refractivity contribution in [3.05, 3.63) is 88.4 Å². The number of nitrogens with zero attached hydrogens (tertiary/aromatic N) is 4. The van der Waals surface area contributed by atoms with Gasteiger partial charge in [0.15, 0.2) is 37.9 Å². The number of aromatic nitrogens is 2. The van der Waals surface area contributed by atoms with Crippen LogP contribution in [0.2, 0.25) is 10.0 Å². The molecule has 0 aliphatic carbocycles. The van der Waals surface area contributed by atoms with Crippen LogP contribution in [0.15, 0.2) is 72.4 Å². The first-order valence-electron chi connectivity index (χ1n) is 9.76. The second-order valence-electron chi connectivity index (χ2n) is 7.12. The van der Waals surface area contributed by atoms with E-state index in [1.165, 1.54) is 5.69 Å². The molecule has 5 nitrogen and oxygen atoms in total. The molecule has 0 spiro atoms. The molecule has 156 valence electrons. The summed E-state index contributed by atoms with van der Waals surface area (Å²) >= 11 is 12.2. The molecule has 0 fully saturated rings. The minimum absolute atomic E-state index is 0.231. The van der Waals surface area contributed by atoms with Crippen molar-refractivity contribution in [3.8, 4) is 0 Å². The number of aryl methyl sites for hydroxylation is 2. The van der Waals surface area contributed by atoms with Gasteiger partial charge in [0.05, 0.1) is 12.6 Å². The zero-order chi connectivity index (χ0) is 21.3. The molecule has 0 radical (unpaired) electrons. The van der Waals surface area contributed by atoms with E-state index in [1.807, 2.05) is 38.6 Å². The van der Waals surface area contributed by atoms with Crippen molar-refractivity contribution in [1.29, 1.82) is 0 Å². The van der Waals surface area contributed by atoms with Gasteiger partial charge in [0.25, 0.3) is 0 Å². The van der Waals surface area contributed by atoms with Gasteiger partial charge in [-0.15, -0.1) is 0 Å². The Labute approximate surface area is 187 Å². The topological polar surface area (TPSA) is 32.6 Å². The van der Waals surface area contributed by atoms with E-state index >= 15 is 0 Å². The molecule has 0 aliphatic rings. The van der Waals surface area contributed by atoms with Gasteiger partial charge in [-0.2, -0.15) is 0 Å². The normalized spacial score (nSPS) is 11.1. The lowest BCUT2D eigenvalue weighted by molar-refractivity contribution is -0.726. The first kappa shape index (κ1) is 22.1. The molecule has 0 amide bonds. The van der Waals surface area contributed by atoms with Crippen LogP contribution in [0.1, 0.15) is 17.5 Å². The maximum atomic E-state index is 6.12. The summed E-state index contributed by atoms with van der Waals surface area (Å²) in [5, 5.41) is 5.16. The van der Waals surface area contributed by atoms with Crippen molar-refractivity contribution in [3.63, 3.8) is 0 Å². The molecule has 0 saturated heterocycles. The third-order valence-electron chi connectivity index (χ3n) is 4.69. The first-order valence-corrected chi connectivity index (χ1v) is 10.5. The van der Waals surface area contributed by atoms with E-state index in [2.05, 4.69) is 43.7 Å². The van der Waals surface area contributed by atoms with Gasteiger partial charge in [0.1, 0.15) is 6.61 Å².